The maximum absolute atomic E-state index is 12.5. The van der Waals surface area contributed by atoms with Gasteiger partial charge in [-0.15, -0.1) is 10.2 Å². The summed E-state index contributed by atoms with van der Waals surface area (Å²) in [6.45, 7) is 2.26. The number of urea groups is 1. The predicted octanol–water partition coefficient (Wildman–Crippen LogP) is 3.33. The fourth-order valence-electron chi connectivity index (χ4n) is 3.78. The zero-order valence-electron chi connectivity index (χ0n) is 12.8. The Morgan fingerprint density at radius 2 is 1.91 bits per heavy atom. The Kier molecular flexibility index (Phi) is 3.49. The molecule has 1 N–H and O–H groups in total. The number of benzene rings is 1. The van der Waals surface area contributed by atoms with Crippen LogP contribution in [0.4, 0.5) is 10.5 Å². The van der Waals surface area contributed by atoms with Crippen LogP contribution in [0.15, 0.2) is 30.9 Å². The second-order valence-electron chi connectivity index (χ2n) is 6.49. The molecule has 1 aliphatic carbocycles. The van der Waals surface area contributed by atoms with Crippen molar-refractivity contribution in [2.24, 2.45) is 5.92 Å². The number of carbonyl (C=O) groups is 1. The van der Waals surface area contributed by atoms with Gasteiger partial charge in [0.15, 0.2) is 0 Å². The lowest BCUT2D eigenvalue weighted by Gasteiger charge is -2.54. The molecule has 2 saturated heterocycles. The molecule has 3 heterocycles. The largest absolute Gasteiger partial charge is 0.322 e. The van der Waals surface area contributed by atoms with Crippen molar-refractivity contribution in [1.29, 1.82) is 0 Å². The number of halogens is 1. The summed E-state index contributed by atoms with van der Waals surface area (Å²) >= 11 is 6.22. The smallest absolute Gasteiger partial charge is 0.318 e. The fraction of sp³-hybridized carbons (Fsp3) is 0.438. The van der Waals surface area contributed by atoms with E-state index < -0.39 is 0 Å². The number of aromatic nitrogens is 3. The number of amides is 2. The van der Waals surface area contributed by atoms with Crippen LogP contribution in [-0.2, 0) is 0 Å². The highest BCUT2D eigenvalue weighted by atomic mass is 35.5. The molecule has 2 unspecified atom stereocenters. The van der Waals surface area contributed by atoms with Crippen LogP contribution in [0.2, 0.25) is 5.02 Å². The Hall–Kier alpha value is -2.08. The van der Waals surface area contributed by atoms with Gasteiger partial charge >= 0.3 is 6.03 Å². The second-order valence-corrected chi connectivity index (χ2v) is 6.90. The van der Waals surface area contributed by atoms with Crippen molar-refractivity contribution < 1.29 is 4.79 Å². The lowest BCUT2D eigenvalue weighted by molar-refractivity contribution is -0.00600. The maximum Gasteiger partial charge on any atom is 0.322 e. The van der Waals surface area contributed by atoms with Gasteiger partial charge in [-0.2, -0.15) is 0 Å². The van der Waals surface area contributed by atoms with Gasteiger partial charge in [-0.05, 0) is 43.4 Å². The summed E-state index contributed by atoms with van der Waals surface area (Å²) < 4.78 is 1.72. The van der Waals surface area contributed by atoms with Crippen molar-refractivity contribution >= 4 is 23.3 Å². The van der Waals surface area contributed by atoms with E-state index in [0.717, 1.165) is 36.6 Å². The van der Waals surface area contributed by atoms with Gasteiger partial charge in [0.25, 0.3) is 0 Å². The number of fused-ring (bicyclic) bond motifs is 2. The summed E-state index contributed by atoms with van der Waals surface area (Å²) in [6.07, 6.45) is 6.51. The van der Waals surface area contributed by atoms with Gasteiger partial charge in [0.05, 0.1) is 10.7 Å². The standard InChI is InChI=1S/C16H18ClN5O/c1-10-4-12-7-13(5-10)22(12)16(23)20-11-2-3-14(17)15(6-11)21-8-18-19-9-21/h2-3,6,8-10,12-13H,4-5,7H2,1H3,(H,20,23). The van der Waals surface area contributed by atoms with Crippen LogP contribution in [0.5, 0.6) is 0 Å². The molecule has 2 aromatic rings. The Balaban J connectivity index is 1.51. The molecule has 1 saturated carbocycles. The molecule has 7 heteroatoms. The molecule has 3 fully saturated rings. The molecule has 2 atom stereocenters. The quantitative estimate of drug-likeness (QED) is 0.918. The minimum absolute atomic E-state index is 0.0184. The number of rotatable bonds is 2. The van der Waals surface area contributed by atoms with Gasteiger partial charge in [-0.25, -0.2) is 4.79 Å². The maximum atomic E-state index is 12.5. The van der Waals surface area contributed by atoms with E-state index in [9.17, 15) is 4.79 Å². The van der Waals surface area contributed by atoms with E-state index in [1.165, 1.54) is 0 Å². The normalized spacial score (nSPS) is 25.8. The Labute approximate surface area is 139 Å². The predicted molar refractivity (Wildman–Crippen MR) is 87.8 cm³/mol. The Morgan fingerprint density at radius 1 is 1.22 bits per heavy atom. The molecular formula is C16H18ClN5O. The first-order valence-electron chi connectivity index (χ1n) is 7.85. The summed E-state index contributed by atoms with van der Waals surface area (Å²) in [6, 6.07) is 6.19. The van der Waals surface area contributed by atoms with Crippen LogP contribution in [0.25, 0.3) is 5.69 Å². The second kappa shape index (κ2) is 5.53. The number of hydrogen-bond donors (Lipinski definition) is 1. The van der Waals surface area contributed by atoms with Crippen LogP contribution < -0.4 is 5.32 Å². The summed E-state index contributed by atoms with van der Waals surface area (Å²) in [5.74, 6) is 0.721. The van der Waals surface area contributed by atoms with E-state index in [-0.39, 0.29) is 6.03 Å². The number of nitrogens with zero attached hydrogens (tertiary/aromatic N) is 4. The third-order valence-corrected chi connectivity index (χ3v) is 5.13. The highest BCUT2D eigenvalue weighted by Crippen LogP contribution is 2.41. The molecule has 2 aliphatic heterocycles. The summed E-state index contributed by atoms with van der Waals surface area (Å²) in [5, 5.41) is 11.1. The highest BCUT2D eigenvalue weighted by Gasteiger charge is 2.46. The average molecular weight is 332 g/mol. The molecule has 0 spiro atoms. The van der Waals surface area contributed by atoms with Crippen LogP contribution in [0, 0.1) is 5.92 Å². The number of piperidine rings is 1. The van der Waals surface area contributed by atoms with E-state index in [4.69, 9.17) is 11.6 Å². The molecule has 1 aromatic carbocycles. The van der Waals surface area contributed by atoms with Gasteiger partial charge in [-0.1, -0.05) is 18.5 Å². The van der Waals surface area contributed by atoms with Crippen molar-refractivity contribution in [3.63, 3.8) is 0 Å². The first-order valence-corrected chi connectivity index (χ1v) is 8.23. The van der Waals surface area contributed by atoms with Gasteiger partial charge in [0.2, 0.25) is 0 Å². The monoisotopic (exact) mass is 331 g/mol. The lowest BCUT2D eigenvalue weighted by Crippen LogP contribution is -2.63. The van der Waals surface area contributed by atoms with E-state index >= 15 is 0 Å². The van der Waals surface area contributed by atoms with Gasteiger partial charge < -0.3 is 10.2 Å². The van der Waals surface area contributed by atoms with Crippen molar-refractivity contribution in [3.05, 3.63) is 35.9 Å². The molecule has 3 aliphatic rings. The fourth-order valence-corrected chi connectivity index (χ4v) is 3.99. The van der Waals surface area contributed by atoms with Crippen molar-refractivity contribution in [3.8, 4) is 5.69 Å². The first-order chi connectivity index (χ1) is 11.1. The number of nitrogens with one attached hydrogen (secondary N) is 1. The van der Waals surface area contributed by atoms with Crippen molar-refractivity contribution in [2.75, 3.05) is 5.32 Å². The highest BCUT2D eigenvalue weighted by molar-refractivity contribution is 6.32. The van der Waals surface area contributed by atoms with E-state index in [1.54, 1.807) is 23.3 Å². The lowest BCUT2D eigenvalue weighted by atomic mass is 9.74. The Morgan fingerprint density at radius 3 is 2.61 bits per heavy atom. The third kappa shape index (κ3) is 2.57. The number of carbonyl (C=O) groups excluding carboxylic acids is 1. The number of anilines is 1. The van der Waals surface area contributed by atoms with Gasteiger partial charge in [0.1, 0.15) is 12.7 Å². The summed E-state index contributed by atoms with van der Waals surface area (Å²) in [7, 11) is 0. The SMILES string of the molecule is CC1CC2CC(C1)N2C(=O)Nc1ccc(Cl)c(-n2cnnc2)c1. The van der Waals surface area contributed by atoms with Crippen LogP contribution >= 0.6 is 11.6 Å². The minimum Gasteiger partial charge on any atom is -0.318 e. The van der Waals surface area contributed by atoms with E-state index in [1.807, 2.05) is 17.0 Å². The first kappa shape index (κ1) is 14.5. The van der Waals surface area contributed by atoms with Crippen LogP contribution in [0.1, 0.15) is 26.2 Å². The van der Waals surface area contributed by atoms with Crippen LogP contribution in [-0.4, -0.2) is 37.8 Å². The van der Waals surface area contributed by atoms with Crippen molar-refractivity contribution in [2.45, 2.75) is 38.3 Å². The number of hydrogen-bond acceptors (Lipinski definition) is 3. The van der Waals surface area contributed by atoms with E-state index in [2.05, 4.69) is 22.4 Å². The zero-order chi connectivity index (χ0) is 16.0. The molecule has 6 nitrogen and oxygen atoms in total. The molecule has 5 rings (SSSR count). The molecule has 1 aromatic heterocycles. The van der Waals surface area contributed by atoms with Crippen molar-refractivity contribution in [1.82, 2.24) is 19.7 Å². The minimum atomic E-state index is -0.0184. The van der Waals surface area contributed by atoms with Crippen LogP contribution in [0.3, 0.4) is 0 Å². The molecule has 0 radical (unpaired) electrons. The Bertz CT molecular complexity index is 720. The zero-order valence-corrected chi connectivity index (χ0v) is 13.6. The average Bonchev–Trinajstić information content (AvgIpc) is 3.02. The topological polar surface area (TPSA) is 63.1 Å². The van der Waals surface area contributed by atoms with E-state index in [0.29, 0.717) is 17.1 Å². The third-order valence-electron chi connectivity index (χ3n) is 4.81. The molecule has 2 amide bonds. The summed E-state index contributed by atoms with van der Waals surface area (Å²) in [4.78, 5) is 14.5. The molecular weight excluding hydrogens is 314 g/mol. The molecule has 2 bridgehead atoms. The van der Waals surface area contributed by atoms with Gasteiger partial charge in [-0.3, -0.25) is 4.57 Å². The molecule has 23 heavy (non-hydrogen) atoms. The van der Waals surface area contributed by atoms with Gasteiger partial charge in [0, 0.05) is 17.8 Å². The molecule has 120 valence electrons. The summed E-state index contributed by atoms with van der Waals surface area (Å²) in [5.41, 5.74) is 1.47.